The molecule has 1 aliphatic rings. The summed E-state index contributed by atoms with van der Waals surface area (Å²) in [6.45, 7) is 4.60. The van der Waals surface area contributed by atoms with E-state index in [-0.39, 0.29) is 44.7 Å². The van der Waals surface area contributed by atoms with E-state index in [1.807, 2.05) is 13.8 Å². The van der Waals surface area contributed by atoms with Gasteiger partial charge in [0.15, 0.2) is 0 Å². The SMILES string of the molecule is CC[C@H](C)NC(=O)CN1CCN(S(=O)(=O)c2ccccc2C(F)(F)F)CC1. The van der Waals surface area contributed by atoms with E-state index in [9.17, 15) is 26.4 Å². The van der Waals surface area contributed by atoms with Crippen LogP contribution in [0.3, 0.4) is 0 Å². The number of amides is 1. The fourth-order valence-corrected chi connectivity index (χ4v) is 4.45. The topological polar surface area (TPSA) is 69.7 Å². The first kappa shape index (κ1) is 21.6. The Morgan fingerprint density at radius 3 is 2.33 bits per heavy atom. The highest BCUT2D eigenvalue weighted by atomic mass is 32.2. The lowest BCUT2D eigenvalue weighted by Gasteiger charge is -2.34. The fraction of sp³-hybridized carbons (Fsp3) is 0.588. The molecule has 0 aromatic heterocycles. The zero-order valence-electron chi connectivity index (χ0n) is 15.3. The van der Waals surface area contributed by atoms with Crippen LogP contribution in [0.25, 0.3) is 0 Å². The van der Waals surface area contributed by atoms with Crippen molar-refractivity contribution in [1.29, 1.82) is 0 Å². The summed E-state index contributed by atoms with van der Waals surface area (Å²) < 4.78 is 65.9. The van der Waals surface area contributed by atoms with E-state index in [4.69, 9.17) is 0 Å². The Kier molecular flexibility index (Phi) is 6.87. The molecule has 1 aliphatic heterocycles. The number of carbonyl (C=O) groups is 1. The molecule has 0 radical (unpaired) electrons. The van der Waals surface area contributed by atoms with Crippen LogP contribution in [0.1, 0.15) is 25.8 Å². The number of nitrogens with zero attached hydrogens (tertiary/aromatic N) is 2. The van der Waals surface area contributed by atoms with Gasteiger partial charge in [-0.15, -0.1) is 0 Å². The smallest absolute Gasteiger partial charge is 0.353 e. The number of carbonyl (C=O) groups excluding carboxylic acids is 1. The minimum Gasteiger partial charge on any atom is -0.353 e. The Labute approximate surface area is 157 Å². The molecular formula is C17H24F3N3O3S. The highest BCUT2D eigenvalue weighted by molar-refractivity contribution is 7.89. The van der Waals surface area contributed by atoms with Crippen LogP contribution in [0.2, 0.25) is 0 Å². The van der Waals surface area contributed by atoms with Gasteiger partial charge >= 0.3 is 6.18 Å². The summed E-state index contributed by atoms with van der Waals surface area (Å²) in [5.41, 5.74) is -1.17. The third-order valence-corrected chi connectivity index (χ3v) is 6.49. The van der Waals surface area contributed by atoms with E-state index in [2.05, 4.69) is 5.32 Å². The van der Waals surface area contributed by atoms with Crippen molar-refractivity contribution in [3.8, 4) is 0 Å². The molecule has 1 aromatic rings. The van der Waals surface area contributed by atoms with Crippen LogP contribution >= 0.6 is 0 Å². The largest absolute Gasteiger partial charge is 0.417 e. The van der Waals surface area contributed by atoms with Crippen LogP contribution in [0.15, 0.2) is 29.2 Å². The van der Waals surface area contributed by atoms with Gasteiger partial charge in [0, 0.05) is 32.2 Å². The molecule has 10 heteroatoms. The normalized spacial score (nSPS) is 18.3. The van der Waals surface area contributed by atoms with Crippen molar-refractivity contribution in [3.63, 3.8) is 0 Å². The molecule has 1 atom stereocenters. The molecule has 0 spiro atoms. The van der Waals surface area contributed by atoms with Crippen LogP contribution in [0, 0.1) is 0 Å². The lowest BCUT2D eigenvalue weighted by atomic mass is 10.2. The van der Waals surface area contributed by atoms with Crippen molar-refractivity contribution >= 4 is 15.9 Å². The van der Waals surface area contributed by atoms with Gasteiger partial charge in [-0.2, -0.15) is 17.5 Å². The van der Waals surface area contributed by atoms with Crippen LogP contribution < -0.4 is 5.32 Å². The molecule has 27 heavy (non-hydrogen) atoms. The van der Waals surface area contributed by atoms with Gasteiger partial charge in [0.25, 0.3) is 0 Å². The average molecular weight is 407 g/mol. The summed E-state index contributed by atoms with van der Waals surface area (Å²) in [6, 6.07) is 4.23. The first-order valence-electron chi connectivity index (χ1n) is 8.73. The van der Waals surface area contributed by atoms with Gasteiger partial charge in [-0.25, -0.2) is 8.42 Å². The Bertz CT molecular complexity index is 760. The van der Waals surface area contributed by atoms with E-state index in [0.717, 1.165) is 28.9 Å². The lowest BCUT2D eigenvalue weighted by Crippen LogP contribution is -2.51. The van der Waals surface area contributed by atoms with Crippen molar-refractivity contribution in [2.75, 3.05) is 32.7 Å². The lowest BCUT2D eigenvalue weighted by molar-refractivity contribution is -0.140. The van der Waals surface area contributed by atoms with Crippen LogP contribution in [0.4, 0.5) is 13.2 Å². The van der Waals surface area contributed by atoms with Crippen molar-refractivity contribution < 1.29 is 26.4 Å². The summed E-state index contributed by atoms with van der Waals surface area (Å²) in [4.78, 5) is 13.0. The number of hydrogen-bond acceptors (Lipinski definition) is 4. The minimum atomic E-state index is -4.75. The predicted molar refractivity (Wildman–Crippen MR) is 94.5 cm³/mol. The Morgan fingerprint density at radius 2 is 1.78 bits per heavy atom. The molecule has 0 saturated carbocycles. The predicted octanol–water partition coefficient (Wildman–Crippen LogP) is 1.93. The van der Waals surface area contributed by atoms with Gasteiger partial charge < -0.3 is 5.32 Å². The monoisotopic (exact) mass is 407 g/mol. The van der Waals surface area contributed by atoms with Gasteiger partial charge in [0.2, 0.25) is 15.9 Å². The van der Waals surface area contributed by atoms with Crippen molar-refractivity contribution in [3.05, 3.63) is 29.8 Å². The van der Waals surface area contributed by atoms with Crippen molar-refractivity contribution in [2.24, 2.45) is 0 Å². The highest BCUT2D eigenvalue weighted by Gasteiger charge is 2.39. The number of hydrogen-bond donors (Lipinski definition) is 1. The number of benzene rings is 1. The second kappa shape index (κ2) is 8.57. The first-order valence-corrected chi connectivity index (χ1v) is 10.2. The van der Waals surface area contributed by atoms with Gasteiger partial charge in [0.1, 0.15) is 0 Å². The molecule has 1 N–H and O–H groups in total. The number of nitrogens with one attached hydrogen (secondary N) is 1. The third kappa shape index (κ3) is 5.43. The van der Waals surface area contributed by atoms with Crippen LogP contribution in [-0.4, -0.2) is 62.3 Å². The zero-order chi connectivity index (χ0) is 20.2. The quantitative estimate of drug-likeness (QED) is 0.782. The Morgan fingerprint density at radius 1 is 1.19 bits per heavy atom. The molecule has 1 amide bonds. The highest BCUT2D eigenvalue weighted by Crippen LogP contribution is 2.35. The molecule has 0 aliphatic carbocycles. The second-order valence-electron chi connectivity index (χ2n) is 6.55. The molecule has 6 nitrogen and oxygen atoms in total. The van der Waals surface area contributed by atoms with Crippen LogP contribution in [0.5, 0.6) is 0 Å². The molecule has 1 heterocycles. The molecule has 152 valence electrons. The summed E-state index contributed by atoms with van der Waals surface area (Å²) in [7, 11) is -4.26. The summed E-state index contributed by atoms with van der Waals surface area (Å²) >= 11 is 0. The zero-order valence-corrected chi connectivity index (χ0v) is 16.1. The Balaban J connectivity index is 2.05. The van der Waals surface area contributed by atoms with Gasteiger partial charge in [-0.05, 0) is 25.5 Å². The van der Waals surface area contributed by atoms with Crippen LogP contribution in [-0.2, 0) is 21.0 Å². The summed E-state index contributed by atoms with van der Waals surface area (Å²) in [5, 5.41) is 2.83. The third-order valence-electron chi connectivity index (χ3n) is 4.53. The molecule has 1 saturated heterocycles. The molecule has 0 unspecified atom stereocenters. The number of halogens is 3. The van der Waals surface area contributed by atoms with Gasteiger partial charge in [-0.1, -0.05) is 19.1 Å². The molecule has 2 rings (SSSR count). The van der Waals surface area contributed by atoms with E-state index in [0.29, 0.717) is 0 Å². The van der Waals surface area contributed by atoms with E-state index in [1.54, 1.807) is 4.90 Å². The fourth-order valence-electron chi connectivity index (χ4n) is 2.82. The maximum atomic E-state index is 13.1. The van der Waals surface area contributed by atoms with Gasteiger partial charge in [-0.3, -0.25) is 9.69 Å². The average Bonchev–Trinajstić information content (AvgIpc) is 2.61. The number of rotatable bonds is 6. The summed E-state index contributed by atoms with van der Waals surface area (Å²) in [5.74, 6) is -0.150. The molecule has 1 aromatic carbocycles. The number of piperazine rings is 1. The van der Waals surface area contributed by atoms with E-state index >= 15 is 0 Å². The maximum Gasteiger partial charge on any atom is 0.417 e. The maximum absolute atomic E-state index is 13.1. The Hall–Kier alpha value is -1.65. The molecule has 1 fully saturated rings. The number of sulfonamides is 1. The van der Waals surface area contributed by atoms with Gasteiger partial charge in [0.05, 0.1) is 17.0 Å². The molecule has 0 bridgehead atoms. The van der Waals surface area contributed by atoms with Crippen molar-refractivity contribution in [1.82, 2.24) is 14.5 Å². The number of alkyl halides is 3. The molecular weight excluding hydrogens is 383 g/mol. The van der Waals surface area contributed by atoms with E-state index < -0.39 is 26.7 Å². The standard InChI is InChI=1S/C17H24F3N3O3S/c1-3-13(2)21-16(24)12-22-8-10-23(11-9-22)27(25,26)15-7-5-4-6-14(15)17(18,19)20/h4-7,13H,3,8-12H2,1-2H3,(H,21,24)/t13-/m0/s1. The van der Waals surface area contributed by atoms with Crippen molar-refractivity contribution in [2.45, 2.75) is 37.4 Å². The van der Waals surface area contributed by atoms with E-state index in [1.165, 1.54) is 6.07 Å². The summed E-state index contributed by atoms with van der Waals surface area (Å²) in [6.07, 6.45) is -3.95. The minimum absolute atomic E-state index is 0.0329. The first-order chi connectivity index (χ1) is 12.6. The second-order valence-corrected chi connectivity index (χ2v) is 8.46.